The third kappa shape index (κ3) is 5.14. The second-order valence-corrected chi connectivity index (χ2v) is 5.33. The molecule has 2 rings (SSSR count). The third-order valence-electron chi connectivity index (χ3n) is 3.91. The van der Waals surface area contributed by atoms with Crippen molar-refractivity contribution in [1.82, 2.24) is 0 Å². The highest BCUT2D eigenvalue weighted by Gasteiger charge is 2.30. The lowest BCUT2D eigenvalue weighted by Crippen LogP contribution is -2.49. The van der Waals surface area contributed by atoms with E-state index in [2.05, 4.69) is 19.1 Å². The van der Waals surface area contributed by atoms with Crippen molar-refractivity contribution in [3.8, 4) is 5.75 Å². The van der Waals surface area contributed by atoms with E-state index in [0.29, 0.717) is 0 Å². The van der Waals surface area contributed by atoms with E-state index in [9.17, 15) is 5.11 Å². The number of aliphatic hydroxyl groups excluding tert-OH is 1. The second kappa shape index (κ2) is 8.98. The number of aliphatic hydroxyl groups is 1. The SMILES string of the molecule is CC.Cc1cccc(OCC[N+]2(CCO)CCCC2)c1. The van der Waals surface area contributed by atoms with E-state index in [4.69, 9.17) is 4.74 Å². The molecule has 0 aliphatic carbocycles. The second-order valence-electron chi connectivity index (χ2n) is 5.33. The number of aryl methyl sites for hydroxylation is 1. The van der Waals surface area contributed by atoms with Crippen molar-refractivity contribution in [2.24, 2.45) is 0 Å². The van der Waals surface area contributed by atoms with Crippen LogP contribution in [0.25, 0.3) is 0 Å². The zero-order chi connectivity index (χ0) is 14.8. The van der Waals surface area contributed by atoms with Gasteiger partial charge < -0.3 is 14.3 Å². The van der Waals surface area contributed by atoms with Crippen molar-refractivity contribution in [2.45, 2.75) is 33.6 Å². The number of rotatable bonds is 6. The number of nitrogens with zero attached hydrogens (tertiary/aromatic N) is 1. The monoisotopic (exact) mass is 280 g/mol. The van der Waals surface area contributed by atoms with E-state index < -0.39 is 0 Å². The molecular formula is C17H30NO2+. The highest BCUT2D eigenvalue weighted by molar-refractivity contribution is 5.27. The van der Waals surface area contributed by atoms with Gasteiger partial charge in [-0.3, -0.25) is 0 Å². The van der Waals surface area contributed by atoms with Crippen LogP contribution in [0.2, 0.25) is 0 Å². The Morgan fingerprint density at radius 3 is 2.45 bits per heavy atom. The fourth-order valence-electron chi connectivity index (χ4n) is 2.84. The number of hydrogen-bond acceptors (Lipinski definition) is 2. The molecule has 0 atom stereocenters. The van der Waals surface area contributed by atoms with Crippen LogP contribution < -0.4 is 4.74 Å². The van der Waals surface area contributed by atoms with Gasteiger partial charge in [-0.1, -0.05) is 26.0 Å². The molecule has 0 bridgehead atoms. The summed E-state index contributed by atoms with van der Waals surface area (Å²) in [7, 11) is 0. The van der Waals surface area contributed by atoms with Crippen LogP contribution in [0.4, 0.5) is 0 Å². The van der Waals surface area contributed by atoms with Crippen LogP contribution in [0, 0.1) is 6.92 Å². The average Bonchev–Trinajstić information content (AvgIpc) is 2.90. The maximum atomic E-state index is 9.19. The van der Waals surface area contributed by atoms with Crippen LogP contribution in [0.5, 0.6) is 5.75 Å². The Morgan fingerprint density at radius 1 is 1.15 bits per heavy atom. The minimum absolute atomic E-state index is 0.282. The first-order chi connectivity index (χ1) is 9.74. The molecule has 0 unspecified atom stereocenters. The average molecular weight is 280 g/mol. The topological polar surface area (TPSA) is 29.5 Å². The molecule has 0 radical (unpaired) electrons. The molecule has 1 saturated heterocycles. The van der Waals surface area contributed by atoms with E-state index in [-0.39, 0.29) is 6.61 Å². The van der Waals surface area contributed by atoms with Gasteiger partial charge in [0.05, 0.1) is 19.7 Å². The van der Waals surface area contributed by atoms with Crippen molar-refractivity contribution in [2.75, 3.05) is 39.4 Å². The molecule has 0 aromatic heterocycles. The molecule has 0 saturated carbocycles. The zero-order valence-electron chi connectivity index (χ0n) is 13.3. The molecule has 0 amide bonds. The summed E-state index contributed by atoms with van der Waals surface area (Å²) < 4.78 is 6.85. The fourth-order valence-corrected chi connectivity index (χ4v) is 2.84. The molecule has 3 heteroatoms. The smallest absolute Gasteiger partial charge is 0.137 e. The van der Waals surface area contributed by atoms with Gasteiger partial charge in [0.15, 0.2) is 0 Å². The molecule has 1 N–H and O–H groups in total. The Bertz CT molecular complexity index is 373. The van der Waals surface area contributed by atoms with Gasteiger partial charge in [-0.05, 0) is 24.6 Å². The van der Waals surface area contributed by atoms with E-state index in [1.807, 2.05) is 26.0 Å². The summed E-state index contributed by atoms with van der Waals surface area (Å²) in [4.78, 5) is 0. The molecule has 1 aromatic carbocycles. The number of quaternary nitrogens is 1. The van der Waals surface area contributed by atoms with Gasteiger partial charge in [-0.15, -0.1) is 0 Å². The van der Waals surface area contributed by atoms with E-state index in [0.717, 1.165) is 29.9 Å². The maximum absolute atomic E-state index is 9.19. The number of ether oxygens (including phenoxy) is 1. The highest BCUT2D eigenvalue weighted by atomic mass is 16.5. The van der Waals surface area contributed by atoms with Crippen molar-refractivity contribution in [3.63, 3.8) is 0 Å². The van der Waals surface area contributed by atoms with Crippen LogP contribution >= 0.6 is 0 Å². The predicted molar refractivity (Wildman–Crippen MR) is 84.1 cm³/mol. The zero-order valence-corrected chi connectivity index (χ0v) is 13.3. The van der Waals surface area contributed by atoms with Crippen molar-refractivity contribution in [1.29, 1.82) is 0 Å². The molecular weight excluding hydrogens is 250 g/mol. The van der Waals surface area contributed by atoms with E-state index >= 15 is 0 Å². The summed E-state index contributed by atoms with van der Waals surface area (Å²) in [5.74, 6) is 0.955. The van der Waals surface area contributed by atoms with Gasteiger partial charge in [0.1, 0.15) is 25.4 Å². The first-order valence-corrected chi connectivity index (χ1v) is 7.90. The minimum atomic E-state index is 0.282. The summed E-state index contributed by atoms with van der Waals surface area (Å²) >= 11 is 0. The van der Waals surface area contributed by atoms with Gasteiger partial charge in [-0.25, -0.2) is 0 Å². The fraction of sp³-hybridized carbons (Fsp3) is 0.647. The molecule has 114 valence electrons. The van der Waals surface area contributed by atoms with Gasteiger partial charge in [-0.2, -0.15) is 0 Å². The quantitative estimate of drug-likeness (QED) is 0.812. The van der Waals surface area contributed by atoms with Crippen LogP contribution in [0.1, 0.15) is 32.3 Å². The Balaban J connectivity index is 0.000000956. The van der Waals surface area contributed by atoms with Crippen LogP contribution in [-0.2, 0) is 0 Å². The summed E-state index contributed by atoms with van der Waals surface area (Å²) in [5.41, 5.74) is 1.23. The Labute approximate surface area is 123 Å². The molecule has 20 heavy (non-hydrogen) atoms. The van der Waals surface area contributed by atoms with Crippen LogP contribution in [0.3, 0.4) is 0 Å². The van der Waals surface area contributed by atoms with Gasteiger partial charge in [0, 0.05) is 12.8 Å². The first kappa shape index (κ1) is 17.0. The Hall–Kier alpha value is -1.06. The number of likely N-dealkylation sites (tertiary alicyclic amines) is 1. The first-order valence-electron chi connectivity index (χ1n) is 7.90. The van der Waals surface area contributed by atoms with Gasteiger partial charge >= 0.3 is 0 Å². The van der Waals surface area contributed by atoms with Crippen molar-refractivity contribution >= 4 is 0 Å². The molecule has 1 aromatic rings. The van der Waals surface area contributed by atoms with E-state index in [1.165, 1.54) is 31.5 Å². The van der Waals surface area contributed by atoms with Crippen molar-refractivity contribution < 1.29 is 14.3 Å². The lowest BCUT2D eigenvalue weighted by Gasteiger charge is -2.33. The number of benzene rings is 1. The molecule has 1 fully saturated rings. The molecule has 1 heterocycles. The third-order valence-corrected chi connectivity index (χ3v) is 3.91. The standard InChI is InChI=1S/C15H24NO2.C2H6/c1-14-5-4-6-15(13-14)18-12-10-16(9-11-17)7-2-3-8-16;1-2/h4-6,13,17H,2-3,7-12H2,1H3;1-2H3/q+1;. The summed E-state index contributed by atoms with van der Waals surface area (Å²) in [6.45, 7) is 11.4. The molecule has 1 aliphatic rings. The summed E-state index contributed by atoms with van der Waals surface area (Å²) in [6.07, 6.45) is 2.56. The Morgan fingerprint density at radius 2 is 1.85 bits per heavy atom. The maximum Gasteiger partial charge on any atom is 0.137 e. The highest BCUT2D eigenvalue weighted by Crippen LogP contribution is 2.19. The van der Waals surface area contributed by atoms with Gasteiger partial charge in [0.2, 0.25) is 0 Å². The van der Waals surface area contributed by atoms with Crippen LogP contribution in [-0.4, -0.2) is 49.0 Å². The normalized spacial score (nSPS) is 16.4. The molecule has 1 aliphatic heterocycles. The van der Waals surface area contributed by atoms with Gasteiger partial charge in [0.25, 0.3) is 0 Å². The molecule has 3 nitrogen and oxygen atoms in total. The predicted octanol–water partition coefficient (Wildman–Crippen LogP) is 3.00. The number of hydrogen-bond donors (Lipinski definition) is 1. The minimum Gasteiger partial charge on any atom is -0.488 e. The Kier molecular flexibility index (Phi) is 7.63. The lowest BCUT2D eigenvalue weighted by molar-refractivity contribution is -0.917. The van der Waals surface area contributed by atoms with E-state index in [1.54, 1.807) is 0 Å². The largest absolute Gasteiger partial charge is 0.488 e. The van der Waals surface area contributed by atoms with Crippen molar-refractivity contribution in [3.05, 3.63) is 29.8 Å². The lowest BCUT2D eigenvalue weighted by atomic mass is 10.2. The summed E-state index contributed by atoms with van der Waals surface area (Å²) in [6, 6.07) is 8.18. The molecule has 0 spiro atoms. The van der Waals surface area contributed by atoms with Crippen LogP contribution in [0.15, 0.2) is 24.3 Å². The summed E-state index contributed by atoms with van der Waals surface area (Å²) in [5, 5.41) is 9.19.